The van der Waals surface area contributed by atoms with Crippen molar-refractivity contribution >= 4 is 21.9 Å². The van der Waals surface area contributed by atoms with Crippen molar-refractivity contribution in [2.75, 3.05) is 19.8 Å². The van der Waals surface area contributed by atoms with Crippen molar-refractivity contribution in [2.45, 2.75) is 19.0 Å². The minimum Gasteiger partial charge on any atom is -0.481 e. The average Bonchev–Trinajstić information content (AvgIpc) is 2.36. The number of halogens is 2. The Morgan fingerprint density at radius 3 is 3.11 bits per heavy atom. The molecule has 6 heteroatoms. The molecule has 1 fully saturated rings. The van der Waals surface area contributed by atoms with E-state index in [1.165, 1.54) is 6.07 Å². The number of aliphatic carboxylic acids is 1. The highest BCUT2D eigenvalue weighted by Gasteiger charge is 2.25. The summed E-state index contributed by atoms with van der Waals surface area (Å²) in [5, 5.41) is 8.90. The van der Waals surface area contributed by atoms with Gasteiger partial charge in [0.15, 0.2) is 0 Å². The van der Waals surface area contributed by atoms with Crippen LogP contribution in [0.4, 0.5) is 4.39 Å². The SMILES string of the molecule is O=C(O)CC1COCCN1Cc1cccc(F)c1Br. The Morgan fingerprint density at radius 1 is 1.58 bits per heavy atom. The molecule has 0 amide bonds. The Balaban J connectivity index is 2.10. The van der Waals surface area contributed by atoms with Crippen molar-refractivity contribution in [3.63, 3.8) is 0 Å². The number of nitrogens with zero attached hydrogens (tertiary/aromatic N) is 1. The van der Waals surface area contributed by atoms with E-state index in [0.717, 1.165) is 5.56 Å². The molecule has 1 aliphatic heterocycles. The van der Waals surface area contributed by atoms with E-state index in [0.29, 0.717) is 30.8 Å². The summed E-state index contributed by atoms with van der Waals surface area (Å²) in [7, 11) is 0. The quantitative estimate of drug-likeness (QED) is 0.919. The van der Waals surface area contributed by atoms with E-state index in [4.69, 9.17) is 9.84 Å². The molecule has 1 aliphatic rings. The predicted octanol–water partition coefficient (Wildman–Crippen LogP) is 2.26. The lowest BCUT2D eigenvalue weighted by atomic mass is 10.1. The Bertz CT molecular complexity index is 469. The number of carboxylic acids is 1. The highest BCUT2D eigenvalue weighted by atomic mass is 79.9. The Hall–Kier alpha value is -0.980. The number of hydrogen-bond acceptors (Lipinski definition) is 3. The van der Waals surface area contributed by atoms with Crippen LogP contribution >= 0.6 is 15.9 Å². The van der Waals surface area contributed by atoms with Gasteiger partial charge in [0.25, 0.3) is 0 Å². The van der Waals surface area contributed by atoms with Gasteiger partial charge < -0.3 is 9.84 Å². The van der Waals surface area contributed by atoms with Gasteiger partial charge in [0.2, 0.25) is 0 Å². The molecule has 1 N–H and O–H groups in total. The summed E-state index contributed by atoms with van der Waals surface area (Å²) in [6.07, 6.45) is 0.0347. The first-order valence-corrected chi connectivity index (χ1v) is 6.83. The largest absolute Gasteiger partial charge is 0.481 e. The molecule has 0 bridgehead atoms. The summed E-state index contributed by atoms with van der Waals surface area (Å²) in [5.41, 5.74) is 0.817. The normalized spacial score (nSPS) is 20.4. The van der Waals surface area contributed by atoms with Gasteiger partial charge in [0, 0.05) is 19.1 Å². The smallest absolute Gasteiger partial charge is 0.305 e. The Labute approximate surface area is 119 Å². The molecule has 0 aromatic heterocycles. The van der Waals surface area contributed by atoms with Crippen LogP contribution in [0.25, 0.3) is 0 Å². The fourth-order valence-corrected chi connectivity index (χ4v) is 2.57. The average molecular weight is 332 g/mol. The van der Waals surface area contributed by atoms with Gasteiger partial charge in [-0.15, -0.1) is 0 Å². The topological polar surface area (TPSA) is 49.8 Å². The van der Waals surface area contributed by atoms with Crippen LogP contribution in [-0.2, 0) is 16.1 Å². The van der Waals surface area contributed by atoms with Crippen molar-refractivity contribution < 1.29 is 19.0 Å². The summed E-state index contributed by atoms with van der Waals surface area (Å²) in [6.45, 7) is 2.14. The van der Waals surface area contributed by atoms with Crippen molar-refractivity contribution in [2.24, 2.45) is 0 Å². The summed E-state index contributed by atoms with van der Waals surface area (Å²) in [6, 6.07) is 4.71. The predicted molar refractivity (Wildman–Crippen MR) is 71.4 cm³/mol. The van der Waals surface area contributed by atoms with Crippen LogP contribution < -0.4 is 0 Å². The number of carbonyl (C=O) groups is 1. The Kier molecular flexibility index (Phi) is 4.90. The van der Waals surface area contributed by atoms with E-state index in [2.05, 4.69) is 15.9 Å². The van der Waals surface area contributed by atoms with Gasteiger partial charge in [-0.3, -0.25) is 9.69 Å². The van der Waals surface area contributed by atoms with E-state index in [1.54, 1.807) is 6.07 Å². The number of rotatable bonds is 4. The van der Waals surface area contributed by atoms with Crippen LogP contribution in [0.5, 0.6) is 0 Å². The first-order chi connectivity index (χ1) is 9.08. The fourth-order valence-electron chi connectivity index (χ4n) is 2.18. The second-order valence-corrected chi connectivity index (χ2v) is 5.30. The molecule has 1 heterocycles. The van der Waals surface area contributed by atoms with Crippen LogP contribution in [0, 0.1) is 5.82 Å². The molecule has 0 saturated carbocycles. The molecule has 0 spiro atoms. The van der Waals surface area contributed by atoms with Gasteiger partial charge >= 0.3 is 5.97 Å². The first-order valence-electron chi connectivity index (χ1n) is 6.04. The molecule has 1 unspecified atom stereocenters. The van der Waals surface area contributed by atoms with Crippen molar-refractivity contribution in [1.29, 1.82) is 0 Å². The van der Waals surface area contributed by atoms with E-state index < -0.39 is 5.97 Å². The van der Waals surface area contributed by atoms with Crippen LogP contribution in [0.1, 0.15) is 12.0 Å². The van der Waals surface area contributed by atoms with Gasteiger partial charge in [0.05, 0.1) is 24.1 Å². The molecule has 19 heavy (non-hydrogen) atoms. The van der Waals surface area contributed by atoms with Crippen LogP contribution in [-0.4, -0.2) is 41.8 Å². The zero-order valence-electron chi connectivity index (χ0n) is 10.3. The first kappa shape index (κ1) is 14.4. The van der Waals surface area contributed by atoms with Gasteiger partial charge in [-0.2, -0.15) is 0 Å². The molecule has 0 radical (unpaired) electrons. The molecule has 104 valence electrons. The van der Waals surface area contributed by atoms with Crippen LogP contribution in [0.3, 0.4) is 0 Å². The fraction of sp³-hybridized carbons (Fsp3) is 0.462. The molecule has 1 atom stereocenters. The molecule has 0 aliphatic carbocycles. The summed E-state index contributed by atoms with van der Waals surface area (Å²) in [4.78, 5) is 12.9. The number of benzene rings is 1. The van der Waals surface area contributed by atoms with Crippen molar-refractivity contribution in [3.05, 3.63) is 34.1 Å². The molecule has 2 rings (SSSR count). The highest BCUT2D eigenvalue weighted by Crippen LogP contribution is 2.23. The second-order valence-electron chi connectivity index (χ2n) is 4.51. The molecule has 4 nitrogen and oxygen atoms in total. The lowest BCUT2D eigenvalue weighted by Crippen LogP contribution is -2.45. The Morgan fingerprint density at radius 2 is 2.37 bits per heavy atom. The van der Waals surface area contributed by atoms with Gasteiger partial charge in [0.1, 0.15) is 5.82 Å². The standard InChI is InChI=1S/C13H15BrFNO3/c14-13-9(2-1-3-11(13)15)7-16-4-5-19-8-10(16)6-12(17)18/h1-3,10H,4-8H2,(H,17,18). The zero-order valence-corrected chi connectivity index (χ0v) is 11.9. The number of ether oxygens (including phenoxy) is 1. The zero-order chi connectivity index (χ0) is 13.8. The second kappa shape index (κ2) is 6.45. The minimum absolute atomic E-state index is 0.0347. The third kappa shape index (κ3) is 3.75. The molecule has 1 saturated heterocycles. The number of hydrogen-bond donors (Lipinski definition) is 1. The van der Waals surface area contributed by atoms with E-state index >= 15 is 0 Å². The van der Waals surface area contributed by atoms with Gasteiger partial charge in [-0.1, -0.05) is 12.1 Å². The molecular formula is C13H15BrFNO3. The lowest BCUT2D eigenvalue weighted by molar-refractivity contribution is -0.140. The highest BCUT2D eigenvalue weighted by molar-refractivity contribution is 9.10. The van der Waals surface area contributed by atoms with Crippen LogP contribution in [0.2, 0.25) is 0 Å². The molecular weight excluding hydrogens is 317 g/mol. The monoisotopic (exact) mass is 331 g/mol. The summed E-state index contributed by atoms with van der Waals surface area (Å²) >= 11 is 3.23. The van der Waals surface area contributed by atoms with Gasteiger partial charge in [-0.25, -0.2) is 4.39 Å². The minimum atomic E-state index is -0.848. The third-order valence-electron chi connectivity index (χ3n) is 3.16. The molecule has 1 aromatic rings. The number of carboxylic acid groups (broad SMARTS) is 1. The van der Waals surface area contributed by atoms with Crippen molar-refractivity contribution in [1.82, 2.24) is 4.90 Å². The number of morpholine rings is 1. The van der Waals surface area contributed by atoms with E-state index in [-0.39, 0.29) is 18.3 Å². The van der Waals surface area contributed by atoms with Gasteiger partial charge in [-0.05, 0) is 27.6 Å². The summed E-state index contributed by atoms with van der Waals surface area (Å²) < 4.78 is 19.2. The maximum Gasteiger partial charge on any atom is 0.305 e. The summed E-state index contributed by atoms with van der Waals surface area (Å²) in [5.74, 6) is -1.15. The maximum atomic E-state index is 13.5. The van der Waals surface area contributed by atoms with E-state index in [1.807, 2.05) is 11.0 Å². The lowest BCUT2D eigenvalue weighted by Gasteiger charge is -2.35. The van der Waals surface area contributed by atoms with E-state index in [9.17, 15) is 9.18 Å². The third-order valence-corrected chi connectivity index (χ3v) is 4.05. The van der Waals surface area contributed by atoms with Crippen molar-refractivity contribution in [3.8, 4) is 0 Å². The van der Waals surface area contributed by atoms with Crippen LogP contribution in [0.15, 0.2) is 22.7 Å². The molecule has 1 aromatic carbocycles. The maximum absolute atomic E-state index is 13.5.